The highest BCUT2D eigenvalue weighted by atomic mass is 16.2. The lowest BCUT2D eigenvalue weighted by molar-refractivity contribution is -0.125. The SMILES string of the molecule is CC(C)(C)C(=O)N1CCc2cc(CCN)ccc21. The van der Waals surface area contributed by atoms with E-state index in [1.54, 1.807) is 0 Å². The summed E-state index contributed by atoms with van der Waals surface area (Å²) in [6.07, 6.45) is 1.86. The second kappa shape index (κ2) is 4.73. The molecule has 0 aliphatic carbocycles. The van der Waals surface area contributed by atoms with Crippen LogP contribution >= 0.6 is 0 Å². The van der Waals surface area contributed by atoms with Crippen LogP contribution in [0.1, 0.15) is 31.9 Å². The Labute approximate surface area is 109 Å². The van der Waals surface area contributed by atoms with Gasteiger partial charge in [0.2, 0.25) is 5.91 Å². The molecule has 0 bridgehead atoms. The molecule has 0 aromatic heterocycles. The summed E-state index contributed by atoms with van der Waals surface area (Å²) in [6, 6.07) is 6.34. The Morgan fingerprint density at radius 1 is 1.39 bits per heavy atom. The van der Waals surface area contributed by atoms with Crippen LogP contribution in [0.25, 0.3) is 0 Å². The smallest absolute Gasteiger partial charge is 0.232 e. The molecule has 1 aliphatic rings. The van der Waals surface area contributed by atoms with Crippen LogP contribution in [0.2, 0.25) is 0 Å². The van der Waals surface area contributed by atoms with Crippen molar-refractivity contribution in [3.63, 3.8) is 0 Å². The van der Waals surface area contributed by atoms with Gasteiger partial charge in [0.15, 0.2) is 0 Å². The first-order valence-electron chi connectivity index (χ1n) is 6.57. The lowest BCUT2D eigenvalue weighted by atomic mass is 9.94. The van der Waals surface area contributed by atoms with Crippen molar-refractivity contribution in [2.75, 3.05) is 18.0 Å². The fraction of sp³-hybridized carbons (Fsp3) is 0.533. The van der Waals surface area contributed by atoms with Crippen LogP contribution in [0.15, 0.2) is 18.2 Å². The molecular weight excluding hydrogens is 224 g/mol. The average Bonchev–Trinajstić information content (AvgIpc) is 2.70. The molecule has 2 rings (SSSR count). The minimum absolute atomic E-state index is 0.202. The van der Waals surface area contributed by atoms with Crippen LogP contribution in [-0.2, 0) is 17.6 Å². The van der Waals surface area contributed by atoms with E-state index in [-0.39, 0.29) is 11.3 Å². The van der Waals surface area contributed by atoms with Gasteiger partial charge in [0.1, 0.15) is 0 Å². The molecule has 0 spiro atoms. The fourth-order valence-corrected chi connectivity index (χ4v) is 2.39. The van der Waals surface area contributed by atoms with Gasteiger partial charge >= 0.3 is 0 Å². The van der Waals surface area contributed by atoms with Gasteiger partial charge in [-0.2, -0.15) is 0 Å². The highest BCUT2D eigenvalue weighted by Crippen LogP contribution is 2.32. The summed E-state index contributed by atoms with van der Waals surface area (Å²) in [5.74, 6) is 0.202. The Hall–Kier alpha value is -1.35. The highest BCUT2D eigenvalue weighted by Gasteiger charge is 2.32. The third-order valence-electron chi connectivity index (χ3n) is 3.36. The van der Waals surface area contributed by atoms with Crippen LogP contribution < -0.4 is 10.6 Å². The number of fused-ring (bicyclic) bond motifs is 1. The van der Waals surface area contributed by atoms with Crippen LogP contribution in [0.3, 0.4) is 0 Å². The summed E-state index contributed by atoms with van der Waals surface area (Å²) in [6.45, 7) is 7.38. The summed E-state index contributed by atoms with van der Waals surface area (Å²) in [7, 11) is 0. The Morgan fingerprint density at radius 3 is 2.72 bits per heavy atom. The molecule has 2 N–H and O–H groups in total. The maximum absolute atomic E-state index is 12.3. The van der Waals surface area contributed by atoms with Gasteiger partial charge < -0.3 is 10.6 Å². The normalized spacial score (nSPS) is 14.8. The molecule has 3 nitrogen and oxygen atoms in total. The van der Waals surface area contributed by atoms with Crippen molar-refractivity contribution >= 4 is 11.6 Å². The third-order valence-corrected chi connectivity index (χ3v) is 3.36. The minimum Gasteiger partial charge on any atom is -0.330 e. The van der Waals surface area contributed by atoms with Crippen molar-refractivity contribution in [2.45, 2.75) is 33.6 Å². The van der Waals surface area contributed by atoms with Crippen molar-refractivity contribution in [1.29, 1.82) is 0 Å². The molecule has 1 aliphatic heterocycles. The van der Waals surface area contributed by atoms with E-state index < -0.39 is 0 Å². The fourth-order valence-electron chi connectivity index (χ4n) is 2.39. The first-order valence-corrected chi connectivity index (χ1v) is 6.57. The standard InChI is InChI=1S/C15H22N2O/c1-15(2,3)14(18)17-9-7-12-10-11(6-8-16)4-5-13(12)17/h4-5,10H,6-9,16H2,1-3H3. The Balaban J connectivity index is 2.27. The largest absolute Gasteiger partial charge is 0.330 e. The number of carbonyl (C=O) groups is 1. The maximum atomic E-state index is 12.3. The van der Waals surface area contributed by atoms with Crippen molar-refractivity contribution in [2.24, 2.45) is 11.1 Å². The average molecular weight is 246 g/mol. The van der Waals surface area contributed by atoms with Crippen molar-refractivity contribution in [1.82, 2.24) is 0 Å². The van der Waals surface area contributed by atoms with Crippen molar-refractivity contribution in [3.05, 3.63) is 29.3 Å². The monoisotopic (exact) mass is 246 g/mol. The number of benzene rings is 1. The van der Waals surface area contributed by atoms with E-state index in [9.17, 15) is 4.79 Å². The number of rotatable bonds is 2. The Bertz CT molecular complexity index is 460. The summed E-state index contributed by atoms with van der Waals surface area (Å²) < 4.78 is 0. The van der Waals surface area contributed by atoms with Gasteiger partial charge in [0, 0.05) is 17.6 Å². The van der Waals surface area contributed by atoms with Crippen LogP contribution in [-0.4, -0.2) is 19.0 Å². The number of hydrogen-bond acceptors (Lipinski definition) is 2. The first-order chi connectivity index (χ1) is 8.43. The van der Waals surface area contributed by atoms with E-state index in [0.717, 1.165) is 25.1 Å². The number of carbonyl (C=O) groups excluding carboxylic acids is 1. The summed E-state index contributed by atoms with van der Waals surface area (Å²) in [5, 5.41) is 0. The Morgan fingerprint density at radius 2 is 2.11 bits per heavy atom. The number of amides is 1. The summed E-state index contributed by atoms with van der Waals surface area (Å²) in [5.41, 5.74) is 8.87. The number of anilines is 1. The van der Waals surface area contributed by atoms with E-state index in [1.807, 2.05) is 25.7 Å². The predicted octanol–water partition coefficient (Wildman–Crippen LogP) is 2.12. The molecule has 1 amide bonds. The molecule has 0 fully saturated rings. The zero-order valence-electron chi connectivity index (χ0n) is 11.5. The molecule has 0 saturated carbocycles. The summed E-state index contributed by atoms with van der Waals surface area (Å²) in [4.78, 5) is 14.3. The van der Waals surface area contributed by atoms with Gasteiger partial charge in [0.25, 0.3) is 0 Å². The minimum atomic E-state index is -0.322. The van der Waals surface area contributed by atoms with Crippen LogP contribution in [0.4, 0.5) is 5.69 Å². The highest BCUT2D eigenvalue weighted by molar-refractivity contribution is 5.98. The van der Waals surface area contributed by atoms with E-state index in [1.165, 1.54) is 11.1 Å². The number of nitrogens with two attached hydrogens (primary N) is 1. The number of nitrogens with zero attached hydrogens (tertiary/aromatic N) is 1. The first kappa shape index (κ1) is 13.1. The molecule has 98 valence electrons. The van der Waals surface area contributed by atoms with Gasteiger partial charge in [-0.1, -0.05) is 32.9 Å². The maximum Gasteiger partial charge on any atom is 0.232 e. The van der Waals surface area contributed by atoms with E-state index in [0.29, 0.717) is 6.54 Å². The van der Waals surface area contributed by atoms with Crippen molar-refractivity contribution in [3.8, 4) is 0 Å². The second-order valence-corrected chi connectivity index (χ2v) is 5.96. The van der Waals surface area contributed by atoms with Gasteiger partial charge in [-0.15, -0.1) is 0 Å². The van der Waals surface area contributed by atoms with Crippen LogP contribution in [0.5, 0.6) is 0 Å². The molecule has 0 radical (unpaired) electrons. The molecule has 0 atom stereocenters. The lowest BCUT2D eigenvalue weighted by Crippen LogP contribution is -2.38. The topological polar surface area (TPSA) is 46.3 Å². The van der Waals surface area contributed by atoms with Gasteiger partial charge in [-0.05, 0) is 36.6 Å². The predicted molar refractivity (Wildman–Crippen MR) is 74.7 cm³/mol. The number of hydrogen-bond donors (Lipinski definition) is 1. The van der Waals surface area contributed by atoms with E-state index in [2.05, 4.69) is 18.2 Å². The van der Waals surface area contributed by atoms with Gasteiger partial charge in [0.05, 0.1) is 0 Å². The molecular formula is C15H22N2O. The van der Waals surface area contributed by atoms with Crippen molar-refractivity contribution < 1.29 is 4.79 Å². The quantitative estimate of drug-likeness (QED) is 0.869. The molecule has 18 heavy (non-hydrogen) atoms. The molecule has 1 heterocycles. The molecule has 0 saturated heterocycles. The van der Waals surface area contributed by atoms with E-state index >= 15 is 0 Å². The zero-order valence-corrected chi connectivity index (χ0v) is 11.5. The van der Waals surface area contributed by atoms with Gasteiger partial charge in [-0.3, -0.25) is 4.79 Å². The van der Waals surface area contributed by atoms with Gasteiger partial charge in [-0.25, -0.2) is 0 Å². The molecule has 1 aromatic rings. The summed E-state index contributed by atoms with van der Waals surface area (Å²) >= 11 is 0. The van der Waals surface area contributed by atoms with E-state index in [4.69, 9.17) is 5.73 Å². The molecule has 3 heteroatoms. The molecule has 0 unspecified atom stereocenters. The molecule has 1 aromatic carbocycles. The Kier molecular flexibility index (Phi) is 3.44. The third kappa shape index (κ3) is 2.41. The zero-order chi connectivity index (χ0) is 13.3. The van der Waals surface area contributed by atoms with Crippen LogP contribution in [0, 0.1) is 5.41 Å². The lowest BCUT2D eigenvalue weighted by Gasteiger charge is -2.26. The second-order valence-electron chi connectivity index (χ2n) is 5.96.